The number of nitrogens with zero attached hydrogens (tertiary/aromatic N) is 3. The predicted molar refractivity (Wildman–Crippen MR) is 61.2 cm³/mol. The standard InChI is InChI=1S/C9H6Cl2N4O2/c1-4-14-15-9(17-4)13-8(16)5-2-7(11)12-3-6(5)10/h2-3H,1H3,(H,13,15,16). The number of carbonyl (C=O) groups excluding carboxylic acids is 1. The molecule has 1 N–H and O–H groups in total. The Balaban J connectivity index is 2.22. The molecule has 17 heavy (non-hydrogen) atoms. The van der Waals surface area contributed by atoms with Gasteiger partial charge in [-0.2, -0.15) is 0 Å². The first-order chi connectivity index (χ1) is 8.06. The van der Waals surface area contributed by atoms with Crippen LogP contribution < -0.4 is 5.32 Å². The Morgan fingerprint density at radius 3 is 2.82 bits per heavy atom. The highest BCUT2D eigenvalue weighted by atomic mass is 35.5. The average Bonchev–Trinajstić information content (AvgIpc) is 2.67. The molecule has 2 aromatic heterocycles. The molecule has 2 aromatic rings. The Morgan fingerprint density at radius 1 is 1.41 bits per heavy atom. The van der Waals surface area contributed by atoms with E-state index in [2.05, 4.69) is 20.5 Å². The van der Waals surface area contributed by atoms with Crippen molar-refractivity contribution in [3.8, 4) is 0 Å². The van der Waals surface area contributed by atoms with Crippen LogP contribution in [0.4, 0.5) is 6.01 Å². The highest BCUT2D eigenvalue weighted by Gasteiger charge is 2.14. The van der Waals surface area contributed by atoms with E-state index in [-0.39, 0.29) is 21.8 Å². The van der Waals surface area contributed by atoms with Gasteiger partial charge in [-0.1, -0.05) is 28.3 Å². The van der Waals surface area contributed by atoms with Gasteiger partial charge in [0.05, 0.1) is 10.6 Å². The summed E-state index contributed by atoms with van der Waals surface area (Å²) in [6, 6.07) is 1.35. The molecule has 0 fully saturated rings. The number of halogens is 2. The fourth-order valence-corrected chi connectivity index (χ4v) is 1.45. The van der Waals surface area contributed by atoms with Crippen molar-refractivity contribution >= 4 is 35.1 Å². The minimum atomic E-state index is -0.497. The summed E-state index contributed by atoms with van der Waals surface area (Å²) in [5, 5.41) is 9.94. The van der Waals surface area contributed by atoms with E-state index in [1.165, 1.54) is 12.3 Å². The number of rotatable bonds is 2. The molecule has 0 aliphatic heterocycles. The molecule has 2 heterocycles. The molecule has 0 aliphatic rings. The Labute approximate surface area is 106 Å². The zero-order chi connectivity index (χ0) is 12.4. The van der Waals surface area contributed by atoms with Crippen LogP contribution in [0.15, 0.2) is 16.7 Å². The molecular formula is C9H6Cl2N4O2. The van der Waals surface area contributed by atoms with Gasteiger partial charge in [-0.25, -0.2) is 4.98 Å². The maximum Gasteiger partial charge on any atom is 0.322 e. The third-order valence-corrected chi connectivity index (χ3v) is 2.32. The van der Waals surface area contributed by atoms with E-state index in [0.29, 0.717) is 5.89 Å². The van der Waals surface area contributed by atoms with Gasteiger partial charge in [0.2, 0.25) is 5.89 Å². The lowest BCUT2D eigenvalue weighted by Gasteiger charge is -2.02. The van der Waals surface area contributed by atoms with Crippen molar-refractivity contribution in [2.45, 2.75) is 6.92 Å². The summed E-state index contributed by atoms with van der Waals surface area (Å²) >= 11 is 11.5. The van der Waals surface area contributed by atoms with E-state index in [1.54, 1.807) is 6.92 Å². The fraction of sp³-hybridized carbons (Fsp3) is 0.111. The molecule has 6 nitrogen and oxygen atoms in total. The van der Waals surface area contributed by atoms with Crippen LogP contribution in [-0.4, -0.2) is 21.1 Å². The van der Waals surface area contributed by atoms with Crippen molar-refractivity contribution in [1.82, 2.24) is 15.2 Å². The third-order valence-electron chi connectivity index (χ3n) is 1.81. The number of aromatic nitrogens is 3. The summed E-state index contributed by atoms with van der Waals surface area (Å²) in [5.74, 6) is -0.151. The number of anilines is 1. The van der Waals surface area contributed by atoms with Crippen molar-refractivity contribution in [3.05, 3.63) is 33.9 Å². The Hall–Kier alpha value is -1.66. The van der Waals surface area contributed by atoms with Gasteiger partial charge in [0.25, 0.3) is 5.91 Å². The van der Waals surface area contributed by atoms with E-state index < -0.39 is 5.91 Å². The van der Waals surface area contributed by atoms with Crippen LogP contribution in [0.2, 0.25) is 10.2 Å². The third kappa shape index (κ3) is 2.72. The second-order valence-corrected chi connectivity index (χ2v) is 3.86. The lowest BCUT2D eigenvalue weighted by molar-refractivity contribution is 0.102. The summed E-state index contributed by atoms with van der Waals surface area (Å²) in [7, 11) is 0. The van der Waals surface area contributed by atoms with Crippen LogP contribution >= 0.6 is 23.2 Å². The molecule has 1 amide bonds. The molecular weight excluding hydrogens is 267 g/mol. The molecule has 8 heteroatoms. The first-order valence-corrected chi connectivity index (χ1v) is 5.24. The Morgan fingerprint density at radius 2 is 2.18 bits per heavy atom. The van der Waals surface area contributed by atoms with E-state index in [9.17, 15) is 4.79 Å². The molecule has 0 saturated carbocycles. The van der Waals surface area contributed by atoms with Crippen LogP contribution in [-0.2, 0) is 0 Å². The molecule has 0 bridgehead atoms. The van der Waals surface area contributed by atoms with Crippen molar-refractivity contribution in [2.75, 3.05) is 5.32 Å². The van der Waals surface area contributed by atoms with Crippen molar-refractivity contribution in [3.63, 3.8) is 0 Å². The molecule has 0 saturated heterocycles. The first kappa shape index (κ1) is 11.8. The van der Waals surface area contributed by atoms with E-state index in [0.717, 1.165) is 0 Å². The monoisotopic (exact) mass is 272 g/mol. The zero-order valence-electron chi connectivity index (χ0n) is 8.57. The SMILES string of the molecule is Cc1nnc(NC(=O)c2cc(Cl)ncc2Cl)o1. The number of nitrogens with one attached hydrogen (secondary N) is 1. The van der Waals surface area contributed by atoms with E-state index in [4.69, 9.17) is 27.6 Å². The summed E-state index contributed by atoms with van der Waals surface area (Å²) in [6.07, 6.45) is 1.29. The lowest BCUT2D eigenvalue weighted by Crippen LogP contribution is -2.13. The van der Waals surface area contributed by atoms with Crippen LogP contribution in [0, 0.1) is 6.92 Å². The number of aryl methyl sites for hydroxylation is 1. The number of hydrogen-bond acceptors (Lipinski definition) is 5. The highest BCUT2D eigenvalue weighted by molar-refractivity contribution is 6.35. The van der Waals surface area contributed by atoms with Gasteiger partial charge in [-0.05, 0) is 6.07 Å². The largest absolute Gasteiger partial charge is 0.408 e. The fourth-order valence-electron chi connectivity index (χ4n) is 1.10. The van der Waals surface area contributed by atoms with Gasteiger partial charge < -0.3 is 4.42 Å². The van der Waals surface area contributed by atoms with E-state index in [1.807, 2.05) is 0 Å². The van der Waals surface area contributed by atoms with Crippen LogP contribution in [0.1, 0.15) is 16.2 Å². The predicted octanol–water partition coefficient (Wildman–Crippen LogP) is 2.33. The summed E-state index contributed by atoms with van der Waals surface area (Å²) in [5.41, 5.74) is 0.183. The Bertz CT molecular complexity index is 570. The van der Waals surface area contributed by atoms with Gasteiger partial charge in [-0.3, -0.25) is 10.1 Å². The van der Waals surface area contributed by atoms with Gasteiger partial charge in [0.15, 0.2) is 0 Å². The molecule has 0 aliphatic carbocycles. The number of pyridine rings is 1. The van der Waals surface area contributed by atoms with Crippen molar-refractivity contribution < 1.29 is 9.21 Å². The minimum absolute atomic E-state index is 0.00324. The molecule has 0 unspecified atom stereocenters. The summed E-state index contributed by atoms with van der Waals surface area (Å²) in [6.45, 7) is 1.61. The second-order valence-electron chi connectivity index (χ2n) is 3.07. The smallest absolute Gasteiger partial charge is 0.322 e. The summed E-state index contributed by atoms with van der Waals surface area (Å²) in [4.78, 5) is 15.5. The molecule has 0 spiro atoms. The molecule has 0 atom stereocenters. The van der Waals surface area contributed by atoms with Gasteiger partial charge in [-0.15, -0.1) is 5.10 Å². The normalized spacial score (nSPS) is 10.3. The van der Waals surface area contributed by atoms with Crippen molar-refractivity contribution in [1.29, 1.82) is 0 Å². The lowest BCUT2D eigenvalue weighted by atomic mass is 10.2. The van der Waals surface area contributed by atoms with Crippen LogP contribution in [0.3, 0.4) is 0 Å². The van der Waals surface area contributed by atoms with Crippen LogP contribution in [0.25, 0.3) is 0 Å². The second kappa shape index (κ2) is 4.68. The van der Waals surface area contributed by atoms with Gasteiger partial charge in [0.1, 0.15) is 5.15 Å². The zero-order valence-corrected chi connectivity index (χ0v) is 10.1. The van der Waals surface area contributed by atoms with Crippen molar-refractivity contribution in [2.24, 2.45) is 0 Å². The van der Waals surface area contributed by atoms with Gasteiger partial charge >= 0.3 is 6.01 Å². The first-order valence-electron chi connectivity index (χ1n) is 4.49. The molecule has 0 aromatic carbocycles. The minimum Gasteiger partial charge on any atom is -0.408 e. The van der Waals surface area contributed by atoms with Gasteiger partial charge in [0, 0.05) is 13.1 Å². The average molecular weight is 273 g/mol. The maximum atomic E-state index is 11.8. The van der Waals surface area contributed by atoms with E-state index >= 15 is 0 Å². The highest BCUT2D eigenvalue weighted by Crippen LogP contribution is 2.19. The van der Waals surface area contributed by atoms with Crippen LogP contribution in [0.5, 0.6) is 0 Å². The Kier molecular flexibility index (Phi) is 3.26. The quantitative estimate of drug-likeness (QED) is 0.849. The number of carbonyl (C=O) groups is 1. The molecule has 0 radical (unpaired) electrons. The number of hydrogen-bond donors (Lipinski definition) is 1. The molecule has 88 valence electrons. The molecule has 2 rings (SSSR count). The summed E-state index contributed by atoms with van der Waals surface area (Å²) < 4.78 is 5.00. The number of amides is 1. The maximum absolute atomic E-state index is 11.8. The topological polar surface area (TPSA) is 80.9 Å².